The highest BCUT2D eigenvalue weighted by molar-refractivity contribution is 5.75. The number of carbonyl (C=O) groups excluding carboxylic acids is 1. The molecule has 1 amide bonds. The molecule has 0 bridgehead atoms. The van der Waals surface area contributed by atoms with Crippen LogP contribution in [0.4, 0.5) is 0 Å². The van der Waals surface area contributed by atoms with Crippen molar-refractivity contribution in [3.05, 3.63) is 0 Å². The summed E-state index contributed by atoms with van der Waals surface area (Å²) >= 11 is 0. The molecule has 0 aromatic carbocycles. The lowest BCUT2D eigenvalue weighted by Crippen LogP contribution is -2.31. The van der Waals surface area contributed by atoms with Gasteiger partial charge in [0.25, 0.3) is 0 Å². The maximum Gasteiger partial charge on any atom is 0.220 e. The zero-order valence-electron chi connectivity index (χ0n) is 12.6. The Morgan fingerprint density at radius 1 is 0.947 bits per heavy atom. The van der Waals surface area contributed by atoms with Crippen molar-refractivity contribution in [2.75, 3.05) is 6.54 Å². The van der Waals surface area contributed by atoms with E-state index in [1.54, 1.807) is 0 Å². The third-order valence-electron chi connectivity index (χ3n) is 5.23. The second kappa shape index (κ2) is 7.91. The van der Waals surface area contributed by atoms with Gasteiger partial charge in [-0.15, -0.1) is 0 Å². The first-order chi connectivity index (χ1) is 9.24. The molecule has 1 N–H and O–H groups in total. The van der Waals surface area contributed by atoms with Crippen molar-refractivity contribution in [3.63, 3.8) is 0 Å². The second-order valence-corrected chi connectivity index (χ2v) is 6.97. The first kappa shape index (κ1) is 14.9. The Labute approximate surface area is 118 Å². The zero-order valence-corrected chi connectivity index (χ0v) is 12.6. The van der Waals surface area contributed by atoms with E-state index in [0.717, 1.165) is 37.1 Å². The van der Waals surface area contributed by atoms with Crippen molar-refractivity contribution in [2.45, 2.75) is 77.6 Å². The molecule has 110 valence electrons. The number of nitrogens with one attached hydrogen (secondary N) is 1. The van der Waals surface area contributed by atoms with Gasteiger partial charge in [0.2, 0.25) is 5.91 Å². The maximum absolute atomic E-state index is 11.9. The lowest BCUT2D eigenvalue weighted by Gasteiger charge is -2.26. The average Bonchev–Trinajstić information content (AvgIpc) is 2.45. The van der Waals surface area contributed by atoms with Gasteiger partial charge >= 0.3 is 0 Å². The second-order valence-electron chi connectivity index (χ2n) is 6.97. The molecule has 2 rings (SSSR count). The van der Waals surface area contributed by atoms with Crippen LogP contribution in [0.5, 0.6) is 0 Å². The third-order valence-corrected chi connectivity index (χ3v) is 5.23. The Bertz CT molecular complexity index is 262. The van der Waals surface area contributed by atoms with E-state index in [2.05, 4.69) is 12.2 Å². The fourth-order valence-electron chi connectivity index (χ4n) is 3.69. The molecule has 0 aromatic heterocycles. The van der Waals surface area contributed by atoms with E-state index >= 15 is 0 Å². The zero-order chi connectivity index (χ0) is 13.5. The molecule has 0 saturated heterocycles. The highest BCUT2D eigenvalue weighted by Crippen LogP contribution is 2.28. The minimum Gasteiger partial charge on any atom is -0.356 e. The van der Waals surface area contributed by atoms with Gasteiger partial charge in [-0.1, -0.05) is 51.9 Å². The van der Waals surface area contributed by atoms with Gasteiger partial charge in [-0.2, -0.15) is 0 Å². The molecule has 0 radical (unpaired) electrons. The summed E-state index contributed by atoms with van der Waals surface area (Å²) < 4.78 is 0. The molecule has 2 saturated carbocycles. The largest absolute Gasteiger partial charge is 0.356 e. The molecule has 2 heteroatoms. The molecule has 0 heterocycles. The standard InChI is InChI=1S/C17H31NO/c1-14-7-9-16(10-8-14)13-18-17(19)12-11-15-5-3-2-4-6-15/h14-16H,2-13H2,1H3,(H,18,19). The van der Waals surface area contributed by atoms with Gasteiger partial charge in [0.15, 0.2) is 0 Å². The number of carbonyl (C=O) groups is 1. The molecule has 0 aromatic rings. The Morgan fingerprint density at radius 3 is 2.32 bits per heavy atom. The van der Waals surface area contributed by atoms with Crippen LogP contribution in [-0.4, -0.2) is 12.5 Å². The van der Waals surface area contributed by atoms with Gasteiger partial charge in [0.05, 0.1) is 0 Å². The third kappa shape index (κ3) is 5.54. The van der Waals surface area contributed by atoms with Gasteiger partial charge < -0.3 is 5.32 Å². The van der Waals surface area contributed by atoms with Gasteiger partial charge in [-0.25, -0.2) is 0 Å². The topological polar surface area (TPSA) is 29.1 Å². The Morgan fingerprint density at radius 2 is 1.63 bits per heavy atom. The molecule has 0 atom stereocenters. The predicted octanol–water partition coefficient (Wildman–Crippen LogP) is 4.29. The Hall–Kier alpha value is -0.530. The SMILES string of the molecule is CC1CCC(CNC(=O)CCC2CCCCC2)CC1. The van der Waals surface area contributed by atoms with Gasteiger partial charge in [-0.3, -0.25) is 4.79 Å². The van der Waals surface area contributed by atoms with E-state index in [-0.39, 0.29) is 0 Å². The molecule has 0 unspecified atom stereocenters. The number of amides is 1. The van der Waals surface area contributed by atoms with Crippen LogP contribution in [-0.2, 0) is 4.79 Å². The summed E-state index contributed by atoms with van der Waals surface area (Å²) in [6.07, 6.45) is 14.1. The fraction of sp³-hybridized carbons (Fsp3) is 0.941. The van der Waals surface area contributed by atoms with Gasteiger partial charge in [-0.05, 0) is 37.0 Å². The highest BCUT2D eigenvalue weighted by Gasteiger charge is 2.19. The van der Waals surface area contributed by atoms with E-state index < -0.39 is 0 Å². The van der Waals surface area contributed by atoms with Crippen molar-refractivity contribution in [1.82, 2.24) is 5.32 Å². The number of rotatable bonds is 5. The molecule has 0 spiro atoms. The molecule has 2 aliphatic carbocycles. The summed E-state index contributed by atoms with van der Waals surface area (Å²) in [4.78, 5) is 11.9. The summed E-state index contributed by atoms with van der Waals surface area (Å²) in [6, 6.07) is 0. The van der Waals surface area contributed by atoms with E-state index in [4.69, 9.17) is 0 Å². The number of hydrogen-bond acceptors (Lipinski definition) is 1. The lowest BCUT2D eigenvalue weighted by molar-refractivity contribution is -0.121. The van der Waals surface area contributed by atoms with Crippen LogP contribution in [0, 0.1) is 17.8 Å². The maximum atomic E-state index is 11.9. The first-order valence-corrected chi connectivity index (χ1v) is 8.50. The molecular formula is C17H31NO. The van der Waals surface area contributed by atoms with Crippen LogP contribution in [0.1, 0.15) is 77.6 Å². The minimum absolute atomic E-state index is 0.296. The molecular weight excluding hydrogens is 234 g/mol. The van der Waals surface area contributed by atoms with E-state index in [9.17, 15) is 4.79 Å². The summed E-state index contributed by atoms with van der Waals surface area (Å²) in [7, 11) is 0. The van der Waals surface area contributed by atoms with Crippen molar-refractivity contribution in [1.29, 1.82) is 0 Å². The first-order valence-electron chi connectivity index (χ1n) is 8.50. The van der Waals surface area contributed by atoms with Crippen LogP contribution in [0.3, 0.4) is 0 Å². The minimum atomic E-state index is 0.296. The van der Waals surface area contributed by atoms with Crippen LogP contribution >= 0.6 is 0 Å². The molecule has 2 fully saturated rings. The molecule has 19 heavy (non-hydrogen) atoms. The quantitative estimate of drug-likeness (QED) is 0.789. The highest BCUT2D eigenvalue weighted by atomic mass is 16.1. The summed E-state index contributed by atoms with van der Waals surface area (Å²) in [5.41, 5.74) is 0. The Kier molecular flexibility index (Phi) is 6.19. The fourth-order valence-corrected chi connectivity index (χ4v) is 3.69. The predicted molar refractivity (Wildman–Crippen MR) is 79.9 cm³/mol. The van der Waals surface area contributed by atoms with Gasteiger partial charge in [0.1, 0.15) is 0 Å². The van der Waals surface area contributed by atoms with E-state index in [0.29, 0.717) is 5.91 Å². The molecule has 0 aliphatic heterocycles. The van der Waals surface area contributed by atoms with Crippen molar-refractivity contribution >= 4 is 5.91 Å². The van der Waals surface area contributed by atoms with Crippen LogP contribution in [0.15, 0.2) is 0 Å². The van der Waals surface area contributed by atoms with Crippen molar-refractivity contribution in [2.24, 2.45) is 17.8 Å². The monoisotopic (exact) mass is 265 g/mol. The average molecular weight is 265 g/mol. The van der Waals surface area contributed by atoms with Crippen LogP contribution < -0.4 is 5.32 Å². The number of hydrogen-bond donors (Lipinski definition) is 1. The Balaban J connectivity index is 1.54. The van der Waals surface area contributed by atoms with Crippen LogP contribution in [0.25, 0.3) is 0 Å². The molecule has 2 aliphatic rings. The summed E-state index contributed by atoms with van der Waals surface area (Å²) in [5.74, 6) is 2.77. The molecule has 2 nitrogen and oxygen atoms in total. The van der Waals surface area contributed by atoms with E-state index in [1.807, 2.05) is 0 Å². The van der Waals surface area contributed by atoms with E-state index in [1.165, 1.54) is 57.8 Å². The van der Waals surface area contributed by atoms with Crippen molar-refractivity contribution in [3.8, 4) is 0 Å². The smallest absolute Gasteiger partial charge is 0.220 e. The lowest BCUT2D eigenvalue weighted by atomic mass is 9.83. The van der Waals surface area contributed by atoms with Gasteiger partial charge in [0, 0.05) is 13.0 Å². The summed E-state index contributed by atoms with van der Waals surface area (Å²) in [6.45, 7) is 3.27. The van der Waals surface area contributed by atoms with Crippen molar-refractivity contribution < 1.29 is 4.79 Å². The summed E-state index contributed by atoms with van der Waals surface area (Å²) in [5, 5.41) is 3.17. The normalized spacial score (nSPS) is 29.1. The van der Waals surface area contributed by atoms with Crippen LogP contribution in [0.2, 0.25) is 0 Å².